The van der Waals surface area contributed by atoms with Gasteiger partial charge in [-0.3, -0.25) is 4.79 Å². The molecule has 0 aliphatic rings. The summed E-state index contributed by atoms with van der Waals surface area (Å²) in [5.41, 5.74) is 0. The second-order valence-corrected chi connectivity index (χ2v) is 5.78. The number of thioether (sulfide) groups is 1. The van der Waals surface area contributed by atoms with Crippen molar-refractivity contribution >= 4 is 29.3 Å². The molecule has 0 saturated heterocycles. The van der Waals surface area contributed by atoms with Crippen molar-refractivity contribution in [3.05, 3.63) is 53.4 Å². The summed E-state index contributed by atoms with van der Waals surface area (Å²) in [7, 11) is 0. The fourth-order valence-corrected chi connectivity index (χ4v) is 2.69. The second kappa shape index (κ2) is 6.68. The number of benzene rings is 1. The maximum absolute atomic E-state index is 11.9. The zero-order valence-corrected chi connectivity index (χ0v) is 12.0. The molecular weight excluding hydrogens is 282 g/mol. The minimum atomic E-state index is -0.213. The molecule has 2 aromatic rings. The number of amides is 1. The molecule has 0 aliphatic heterocycles. The molecule has 3 nitrogen and oxygen atoms in total. The summed E-state index contributed by atoms with van der Waals surface area (Å²) < 4.78 is 5.16. The lowest BCUT2D eigenvalue weighted by molar-refractivity contribution is -0.120. The molecule has 1 heterocycles. The lowest BCUT2D eigenvalue weighted by Gasteiger charge is -2.12. The Labute approximate surface area is 121 Å². The van der Waals surface area contributed by atoms with Crippen molar-refractivity contribution in [2.24, 2.45) is 0 Å². The van der Waals surface area contributed by atoms with Gasteiger partial charge in [0.1, 0.15) is 5.76 Å². The second-order valence-electron chi connectivity index (χ2n) is 3.99. The average Bonchev–Trinajstić information content (AvgIpc) is 2.91. The zero-order valence-electron chi connectivity index (χ0n) is 10.4. The van der Waals surface area contributed by atoms with Crippen LogP contribution in [0, 0.1) is 0 Å². The monoisotopic (exact) mass is 295 g/mol. The first kappa shape index (κ1) is 14.0. The molecule has 5 heteroatoms. The Morgan fingerprint density at radius 2 is 2.16 bits per heavy atom. The van der Waals surface area contributed by atoms with Crippen LogP contribution in [0.25, 0.3) is 0 Å². The van der Waals surface area contributed by atoms with E-state index in [9.17, 15) is 4.79 Å². The molecular formula is C14H14ClNO2S. The Morgan fingerprint density at radius 3 is 2.84 bits per heavy atom. The maximum Gasteiger partial charge on any atom is 0.233 e. The van der Waals surface area contributed by atoms with Crippen LogP contribution < -0.4 is 5.32 Å². The van der Waals surface area contributed by atoms with E-state index in [1.807, 2.05) is 37.3 Å². The molecule has 0 radical (unpaired) electrons. The predicted molar refractivity (Wildman–Crippen MR) is 77.3 cm³/mol. The minimum Gasteiger partial charge on any atom is -0.467 e. The molecule has 0 fully saturated rings. The van der Waals surface area contributed by atoms with Gasteiger partial charge in [0.25, 0.3) is 0 Å². The van der Waals surface area contributed by atoms with Crippen molar-refractivity contribution in [2.45, 2.75) is 23.6 Å². The summed E-state index contributed by atoms with van der Waals surface area (Å²) in [6, 6.07) is 11.1. The number of halogens is 1. The molecule has 1 atom stereocenters. The third kappa shape index (κ3) is 4.04. The van der Waals surface area contributed by atoms with Crippen molar-refractivity contribution in [1.82, 2.24) is 5.32 Å². The summed E-state index contributed by atoms with van der Waals surface area (Å²) in [5.74, 6) is 0.699. The number of carbonyl (C=O) groups excluding carboxylic acids is 1. The van der Waals surface area contributed by atoms with E-state index in [2.05, 4.69) is 5.32 Å². The van der Waals surface area contributed by atoms with Gasteiger partial charge in [-0.05, 0) is 31.2 Å². The van der Waals surface area contributed by atoms with Gasteiger partial charge in [-0.15, -0.1) is 11.8 Å². The van der Waals surface area contributed by atoms with Gasteiger partial charge in [0, 0.05) is 4.90 Å². The fraction of sp³-hybridized carbons (Fsp3) is 0.214. The van der Waals surface area contributed by atoms with E-state index in [0.29, 0.717) is 11.6 Å². The van der Waals surface area contributed by atoms with Gasteiger partial charge < -0.3 is 9.73 Å². The van der Waals surface area contributed by atoms with E-state index in [4.69, 9.17) is 16.0 Å². The van der Waals surface area contributed by atoms with E-state index < -0.39 is 0 Å². The van der Waals surface area contributed by atoms with Crippen LogP contribution in [0.5, 0.6) is 0 Å². The number of hydrogen-bond donors (Lipinski definition) is 1. The lowest BCUT2D eigenvalue weighted by Crippen LogP contribution is -2.30. The fourth-order valence-electron chi connectivity index (χ4n) is 1.52. The van der Waals surface area contributed by atoms with Gasteiger partial charge in [-0.2, -0.15) is 0 Å². The van der Waals surface area contributed by atoms with E-state index in [1.165, 1.54) is 11.8 Å². The lowest BCUT2D eigenvalue weighted by atomic mass is 10.4. The van der Waals surface area contributed by atoms with Gasteiger partial charge >= 0.3 is 0 Å². The van der Waals surface area contributed by atoms with Crippen LogP contribution >= 0.6 is 23.4 Å². The Hall–Kier alpha value is -1.39. The molecule has 19 heavy (non-hydrogen) atoms. The Balaban J connectivity index is 1.87. The molecule has 0 aliphatic carbocycles. The van der Waals surface area contributed by atoms with Gasteiger partial charge in [0.15, 0.2) is 0 Å². The molecule has 100 valence electrons. The molecule has 1 aromatic heterocycles. The van der Waals surface area contributed by atoms with Crippen LogP contribution in [-0.2, 0) is 11.3 Å². The first-order valence-corrected chi connectivity index (χ1v) is 7.14. The van der Waals surface area contributed by atoms with Crippen molar-refractivity contribution < 1.29 is 9.21 Å². The van der Waals surface area contributed by atoms with Gasteiger partial charge in [-0.25, -0.2) is 0 Å². The van der Waals surface area contributed by atoms with E-state index >= 15 is 0 Å². The third-order valence-corrected chi connectivity index (χ3v) is 4.15. The number of nitrogens with one attached hydrogen (secondary N) is 1. The predicted octanol–water partition coefficient (Wildman–Crippen LogP) is 3.73. The van der Waals surface area contributed by atoms with Crippen molar-refractivity contribution in [1.29, 1.82) is 0 Å². The van der Waals surface area contributed by atoms with Crippen LogP contribution in [0.1, 0.15) is 12.7 Å². The molecule has 0 spiro atoms. The van der Waals surface area contributed by atoms with Crippen molar-refractivity contribution in [3.8, 4) is 0 Å². The maximum atomic E-state index is 11.9. The number of furan rings is 1. The highest BCUT2D eigenvalue weighted by Gasteiger charge is 2.15. The number of carbonyl (C=O) groups is 1. The largest absolute Gasteiger partial charge is 0.467 e. The standard InChI is InChI=1S/C14H14ClNO2S/c1-10(19-13-7-3-2-6-12(13)15)14(17)16-9-11-5-4-8-18-11/h2-8,10H,9H2,1H3,(H,16,17). The zero-order chi connectivity index (χ0) is 13.7. The molecule has 0 saturated carbocycles. The van der Waals surface area contributed by atoms with Gasteiger partial charge in [0.2, 0.25) is 5.91 Å². The van der Waals surface area contributed by atoms with Crippen molar-refractivity contribution in [2.75, 3.05) is 0 Å². The molecule has 1 aromatic carbocycles. The summed E-state index contributed by atoms with van der Waals surface area (Å²) in [6.07, 6.45) is 1.59. The quantitative estimate of drug-likeness (QED) is 0.855. The summed E-state index contributed by atoms with van der Waals surface area (Å²) in [6.45, 7) is 2.25. The van der Waals surface area contributed by atoms with E-state index in [1.54, 1.807) is 12.3 Å². The molecule has 2 rings (SSSR count). The Morgan fingerprint density at radius 1 is 1.37 bits per heavy atom. The first-order valence-electron chi connectivity index (χ1n) is 5.88. The molecule has 0 bridgehead atoms. The SMILES string of the molecule is CC(Sc1ccccc1Cl)C(=O)NCc1ccco1. The van der Waals surface area contributed by atoms with Gasteiger partial charge in [-0.1, -0.05) is 23.7 Å². The number of rotatable bonds is 5. The topological polar surface area (TPSA) is 42.2 Å². The van der Waals surface area contributed by atoms with Gasteiger partial charge in [0.05, 0.1) is 23.1 Å². The highest BCUT2D eigenvalue weighted by Crippen LogP contribution is 2.29. The van der Waals surface area contributed by atoms with Crippen LogP contribution in [0.15, 0.2) is 52.0 Å². The Kier molecular flexibility index (Phi) is 4.93. The third-order valence-electron chi connectivity index (χ3n) is 2.53. The van der Waals surface area contributed by atoms with Crippen LogP contribution in [0.4, 0.5) is 0 Å². The molecule has 1 N–H and O–H groups in total. The van der Waals surface area contributed by atoms with Crippen molar-refractivity contribution in [3.63, 3.8) is 0 Å². The first-order chi connectivity index (χ1) is 9.16. The Bertz CT molecular complexity index is 542. The highest BCUT2D eigenvalue weighted by molar-refractivity contribution is 8.00. The number of hydrogen-bond acceptors (Lipinski definition) is 3. The smallest absolute Gasteiger partial charge is 0.233 e. The van der Waals surface area contributed by atoms with E-state index in [-0.39, 0.29) is 11.2 Å². The van der Waals surface area contributed by atoms with Crippen LogP contribution in [-0.4, -0.2) is 11.2 Å². The molecule has 1 unspecified atom stereocenters. The van der Waals surface area contributed by atoms with Crippen LogP contribution in [0.3, 0.4) is 0 Å². The normalized spacial score (nSPS) is 12.1. The molecule has 1 amide bonds. The van der Waals surface area contributed by atoms with E-state index in [0.717, 1.165) is 10.7 Å². The highest BCUT2D eigenvalue weighted by atomic mass is 35.5. The summed E-state index contributed by atoms with van der Waals surface area (Å²) >= 11 is 7.50. The van der Waals surface area contributed by atoms with Crippen LogP contribution in [0.2, 0.25) is 5.02 Å². The summed E-state index contributed by atoms with van der Waals surface area (Å²) in [4.78, 5) is 12.8. The minimum absolute atomic E-state index is 0.0404. The summed E-state index contributed by atoms with van der Waals surface area (Å²) in [5, 5.41) is 3.28. The average molecular weight is 296 g/mol.